The minimum Gasteiger partial charge on any atom is -0.497 e. The molecule has 7 heteroatoms. The second-order valence-corrected chi connectivity index (χ2v) is 8.99. The highest BCUT2D eigenvalue weighted by Gasteiger charge is 2.26. The molecule has 3 aromatic rings. The molecule has 0 bridgehead atoms. The lowest BCUT2D eigenvalue weighted by Gasteiger charge is -2.29. The molecule has 0 radical (unpaired) electrons. The molecule has 1 aliphatic rings. The van der Waals surface area contributed by atoms with E-state index in [0.29, 0.717) is 10.7 Å². The lowest BCUT2D eigenvalue weighted by Crippen LogP contribution is -2.43. The van der Waals surface area contributed by atoms with Crippen molar-refractivity contribution < 1.29 is 9.53 Å². The highest BCUT2D eigenvalue weighted by molar-refractivity contribution is 7.14. The van der Waals surface area contributed by atoms with Crippen LogP contribution in [0.3, 0.4) is 0 Å². The molecular formula is C24H28N4O2S. The minimum absolute atomic E-state index is 0.139. The second-order valence-electron chi connectivity index (χ2n) is 8.13. The van der Waals surface area contributed by atoms with Crippen molar-refractivity contribution >= 4 is 28.1 Å². The van der Waals surface area contributed by atoms with Crippen LogP contribution >= 0.6 is 11.3 Å². The normalized spacial score (nSPS) is 14.4. The van der Waals surface area contributed by atoms with E-state index in [2.05, 4.69) is 47.6 Å². The summed E-state index contributed by atoms with van der Waals surface area (Å²) in [6, 6.07) is 15.8. The molecule has 1 fully saturated rings. The lowest BCUT2D eigenvalue weighted by atomic mass is 9.82. The number of amides is 1. The first kappa shape index (κ1) is 21.3. The number of carbonyl (C=O) groups excluding carboxylic acids is 1. The first-order valence-corrected chi connectivity index (χ1v) is 11.3. The summed E-state index contributed by atoms with van der Waals surface area (Å²) in [5, 5.41) is 8.94. The molecule has 1 saturated heterocycles. The van der Waals surface area contributed by atoms with Crippen LogP contribution in [0.5, 0.6) is 5.75 Å². The van der Waals surface area contributed by atoms with Crippen LogP contribution in [0.2, 0.25) is 0 Å². The summed E-state index contributed by atoms with van der Waals surface area (Å²) < 4.78 is 5.26. The molecule has 0 unspecified atom stereocenters. The monoisotopic (exact) mass is 436 g/mol. The van der Waals surface area contributed by atoms with Gasteiger partial charge in [-0.2, -0.15) is 0 Å². The fraction of sp³-hybridized carbons (Fsp3) is 0.333. The molecule has 162 valence electrons. The molecule has 31 heavy (non-hydrogen) atoms. The topological polar surface area (TPSA) is 66.5 Å². The number of ether oxygens (including phenoxy) is 1. The zero-order valence-corrected chi connectivity index (χ0v) is 19.0. The number of piperazine rings is 1. The fourth-order valence-corrected chi connectivity index (χ4v) is 4.58. The molecule has 4 rings (SSSR count). The van der Waals surface area contributed by atoms with Crippen LogP contribution in [0, 0.1) is 0 Å². The highest BCUT2D eigenvalue weighted by Crippen LogP contribution is 2.34. The lowest BCUT2D eigenvalue weighted by molar-refractivity contribution is 0.102. The third-order valence-electron chi connectivity index (χ3n) is 5.77. The van der Waals surface area contributed by atoms with Crippen molar-refractivity contribution in [2.75, 3.05) is 43.5 Å². The summed E-state index contributed by atoms with van der Waals surface area (Å²) >= 11 is 1.45. The number of nitrogens with zero attached hydrogens (tertiary/aromatic N) is 2. The van der Waals surface area contributed by atoms with Crippen LogP contribution < -0.4 is 20.3 Å². The van der Waals surface area contributed by atoms with E-state index in [0.717, 1.165) is 48.9 Å². The average molecular weight is 437 g/mol. The van der Waals surface area contributed by atoms with Crippen molar-refractivity contribution in [2.24, 2.45) is 0 Å². The highest BCUT2D eigenvalue weighted by atomic mass is 32.1. The maximum absolute atomic E-state index is 12.9. The fourth-order valence-electron chi connectivity index (χ4n) is 3.71. The number of thiazole rings is 1. The van der Waals surface area contributed by atoms with Crippen molar-refractivity contribution in [3.8, 4) is 5.75 Å². The summed E-state index contributed by atoms with van der Waals surface area (Å²) in [4.78, 5) is 19.9. The molecule has 1 aromatic heterocycles. The standard InChI is InChI=1S/C24H28N4O2S/c1-24(2,18-7-9-20(30-3)10-8-18)21-16-31-23(26-21)27-22(29)17-5-4-6-19(15-17)28-13-11-25-12-14-28/h4-10,15-16,25H,11-14H2,1-3H3,(H,26,27,29). The Bertz CT molecular complexity index is 1040. The largest absolute Gasteiger partial charge is 0.497 e. The van der Waals surface area contributed by atoms with Crippen LogP contribution in [-0.2, 0) is 5.41 Å². The Hall–Kier alpha value is -2.90. The van der Waals surface area contributed by atoms with Crippen LogP contribution in [0.25, 0.3) is 0 Å². The van der Waals surface area contributed by atoms with Crippen LogP contribution in [-0.4, -0.2) is 44.2 Å². The van der Waals surface area contributed by atoms with Gasteiger partial charge >= 0.3 is 0 Å². The van der Waals surface area contributed by atoms with Gasteiger partial charge in [0, 0.05) is 48.2 Å². The van der Waals surface area contributed by atoms with Gasteiger partial charge < -0.3 is 15.0 Å². The number of hydrogen-bond donors (Lipinski definition) is 2. The number of carbonyl (C=O) groups is 1. The maximum atomic E-state index is 12.9. The number of nitrogens with one attached hydrogen (secondary N) is 2. The number of anilines is 2. The number of hydrogen-bond acceptors (Lipinski definition) is 6. The molecule has 1 aliphatic heterocycles. The maximum Gasteiger partial charge on any atom is 0.257 e. The van der Waals surface area contributed by atoms with Gasteiger partial charge in [0.15, 0.2) is 5.13 Å². The van der Waals surface area contributed by atoms with Gasteiger partial charge in [-0.05, 0) is 35.9 Å². The van der Waals surface area contributed by atoms with Gasteiger partial charge in [-0.25, -0.2) is 4.98 Å². The van der Waals surface area contributed by atoms with Gasteiger partial charge in [0.1, 0.15) is 5.75 Å². The Balaban J connectivity index is 1.47. The molecule has 2 aromatic carbocycles. The molecule has 0 saturated carbocycles. The molecule has 6 nitrogen and oxygen atoms in total. The smallest absolute Gasteiger partial charge is 0.257 e. The van der Waals surface area contributed by atoms with Gasteiger partial charge in [-0.1, -0.05) is 32.0 Å². The van der Waals surface area contributed by atoms with E-state index in [9.17, 15) is 4.79 Å². The van der Waals surface area contributed by atoms with E-state index >= 15 is 0 Å². The zero-order chi connectivity index (χ0) is 21.8. The van der Waals surface area contributed by atoms with Crippen molar-refractivity contribution in [3.05, 3.63) is 70.7 Å². The van der Waals surface area contributed by atoms with Gasteiger partial charge in [-0.3, -0.25) is 10.1 Å². The molecule has 0 aliphatic carbocycles. The SMILES string of the molecule is COc1ccc(C(C)(C)c2csc(NC(=O)c3cccc(N4CCNCC4)c3)n2)cc1. The first-order chi connectivity index (χ1) is 15.0. The summed E-state index contributed by atoms with van der Waals surface area (Å²) in [6.45, 7) is 8.08. The van der Waals surface area contributed by atoms with E-state index in [1.807, 2.05) is 35.7 Å². The van der Waals surface area contributed by atoms with Gasteiger partial charge in [0.2, 0.25) is 0 Å². The predicted octanol–water partition coefficient (Wildman–Crippen LogP) is 4.14. The van der Waals surface area contributed by atoms with Gasteiger partial charge in [0.05, 0.1) is 12.8 Å². The van der Waals surface area contributed by atoms with E-state index < -0.39 is 0 Å². The Kier molecular flexibility index (Phi) is 6.25. The third-order valence-corrected chi connectivity index (χ3v) is 6.52. The van der Waals surface area contributed by atoms with Gasteiger partial charge in [-0.15, -0.1) is 11.3 Å². The summed E-state index contributed by atoms with van der Waals surface area (Å²) in [5.41, 5.74) is 3.50. The first-order valence-electron chi connectivity index (χ1n) is 10.4. The average Bonchev–Trinajstić information content (AvgIpc) is 3.29. The van der Waals surface area contributed by atoms with Crippen LogP contribution in [0.15, 0.2) is 53.9 Å². The molecule has 0 spiro atoms. The predicted molar refractivity (Wildman–Crippen MR) is 127 cm³/mol. The number of methoxy groups -OCH3 is 1. The Morgan fingerprint density at radius 1 is 1.16 bits per heavy atom. The molecular weight excluding hydrogens is 408 g/mol. The summed E-state index contributed by atoms with van der Waals surface area (Å²) in [5.74, 6) is 0.689. The van der Waals surface area contributed by atoms with Gasteiger partial charge in [0.25, 0.3) is 5.91 Å². The van der Waals surface area contributed by atoms with E-state index in [-0.39, 0.29) is 11.3 Å². The van der Waals surface area contributed by atoms with Crippen LogP contribution in [0.4, 0.5) is 10.8 Å². The van der Waals surface area contributed by atoms with E-state index in [1.165, 1.54) is 11.3 Å². The Morgan fingerprint density at radius 3 is 2.61 bits per heavy atom. The van der Waals surface area contributed by atoms with Crippen molar-refractivity contribution in [1.29, 1.82) is 0 Å². The Morgan fingerprint density at radius 2 is 1.90 bits per heavy atom. The van der Waals surface area contributed by atoms with Crippen molar-refractivity contribution in [2.45, 2.75) is 19.3 Å². The summed E-state index contributed by atoms with van der Waals surface area (Å²) in [7, 11) is 1.66. The molecule has 2 N–H and O–H groups in total. The minimum atomic E-state index is -0.284. The second kappa shape index (κ2) is 9.08. The van der Waals surface area contributed by atoms with Crippen molar-refractivity contribution in [3.63, 3.8) is 0 Å². The third kappa shape index (κ3) is 4.73. The Labute approximate surface area is 187 Å². The molecule has 1 amide bonds. The molecule has 0 atom stereocenters. The number of aromatic nitrogens is 1. The molecule has 2 heterocycles. The van der Waals surface area contributed by atoms with E-state index in [1.54, 1.807) is 7.11 Å². The zero-order valence-electron chi connectivity index (χ0n) is 18.1. The van der Waals surface area contributed by atoms with Crippen molar-refractivity contribution in [1.82, 2.24) is 10.3 Å². The number of benzene rings is 2. The van der Waals surface area contributed by atoms with Crippen LogP contribution in [0.1, 0.15) is 35.5 Å². The van der Waals surface area contributed by atoms with E-state index in [4.69, 9.17) is 9.72 Å². The summed E-state index contributed by atoms with van der Waals surface area (Å²) in [6.07, 6.45) is 0. The quantitative estimate of drug-likeness (QED) is 0.608. The number of rotatable bonds is 6.